The van der Waals surface area contributed by atoms with E-state index >= 15 is 0 Å². The van der Waals surface area contributed by atoms with Gasteiger partial charge in [0.15, 0.2) is 0 Å². The first-order valence-corrected chi connectivity index (χ1v) is 19.6. The summed E-state index contributed by atoms with van der Waals surface area (Å²) < 4.78 is 41.6. The maximum atomic E-state index is 15.0. The lowest BCUT2D eigenvalue weighted by molar-refractivity contribution is -0.148. The van der Waals surface area contributed by atoms with Crippen molar-refractivity contribution < 1.29 is 27.5 Å². The summed E-state index contributed by atoms with van der Waals surface area (Å²) in [6, 6.07) is 8.75. The third-order valence-corrected chi connectivity index (χ3v) is 11.5. The quantitative estimate of drug-likeness (QED) is 0.155. The van der Waals surface area contributed by atoms with Crippen molar-refractivity contribution in [3.05, 3.63) is 80.8 Å². The molecule has 1 saturated heterocycles. The number of sulfonamides is 1. The number of likely N-dealkylation sites (N-methyl/N-ethyl adjacent to an activating group) is 1. The molecule has 0 bridgehead atoms. The molecule has 1 aliphatic heterocycles. The van der Waals surface area contributed by atoms with Crippen LogP contribution in [-0.4, -0.2) is 98.5 Å². The molecule has 0 spiro atoms. The van der Waals surface area contributed by atoms with Gasteiger partial charge in [-0.05, 0) is 84.8 Å². The van der Waals surface area contributed by atoms with E-state index in [0.717, 1.165) is 5.56 Å². The average Bonchev–Trinajstić information content (AvgIpc) is 3.06. The second kappa shape index (κ2) is 16.9. The number of hydrogen-bond donors (Lipinski definition) is 1. The van der Waals surface area contributed by atoms with Gasteiger partial charge in [-0.15, -0.1) is 0 Å². The summed E-state index contributed by atoms with van der Waals surface area (Å²) in [5, 5.41) is 1.07. The molecular weight excluding hydrogens is 749 g/mol. The highest BCUT2D eigenvalue weighted by atomic mass is 35.5. The van der Waals surface area contributed by atoms with Gasteiger partial charge < -0.3 is 14.4 Å². The van der Waals surface area contributed by atoms with Gasteiger partial charge >= 0.3 is 12.0 Å². The normalized spacial score (nSPS) is 18.9. The van der Waals surface area contributed by atoms with Crippen LogP contribution >= 0.6 is 34.8 Å². The molecule has 2 amide bonds. The Labute approximate surface area is 322 Å². The number of nitrogens with one attached hydrogen (secondary N) is 1. The van der Waals surface area contributed by atoms with Gasteiger partial charge in [0.2, 0.25) is 10.0 Å². The summed E-state index contributed by atoms with van der Waals surface area (Å²) in [5.74, 6) is -0.218. The predicted molar refractivity (Wildman–Crippen MR) is 207 cm³/mol. The van der Waals surface area contributed by atoms with Gasteiger partial charge in [0, 0.05) is 47.2 Å². The lowest BCUT2D eigenvalue weighted by Gasteiger charge is -2.41. The summed E-state index contributed by atoms with van der Waals surface area (Å²) in [6.07, 6.45) is 6.28. The Morgan fingerprint density at radius 2 is 1.73 bits per heavy atom. The number of benzene rings is 2. The zero-order chi connectivity index (χ0) is 38.6. The molecule has 15 heteroatoms. The maximum Gasteiger partial charge on any atom is 0.326 e. The molecule has 2 atom stereocenters. The second-order valence-corrected chi connectivity index (χ2v) is 17.3. The third-order valence-electron chi connectivity index (χ3n) is 8.79. The van der Waals surface area contributed by atoms with Crippen molar-refractivity contribution in [1.82, 2.24) is 19.4 Å². The van der Waals surface area contributed by atoms with Crippen molar-refractivity contribution in [2.75, 3.05) is 40.4 Å². The predicted octanol–water partition coefficient (Wildman–Crippen LogP) is 7.10. The number of carbonyl (C=O) groups is 2. The number of amides is 2. The molecule has 1 aliphatic carbocycles. The highest BCUT2D eigenvalue weighted by molar-refractivity contribution is 7.89. The molecule has 284 valence electrons. The standard InChI is InChI=1S/C37H48Cl3N5O6S/c1-9-51-31-21-29(40)32(52(48,49)42-36(2,3)4)20-28(31)33(41-37(5,6)25-12-16-27(39)17-13-25)45(22-24-10-14-26(38)15-11-24)35(47)44-19-18-43(7)30(23-44)34(46)50-8/h10-12,14-17,20-21,25,30,42H,9,13,18-19,22-23H2,1-8H3/t25?,30-/m0/s1. The van der Waals surface area contributed by atoms with Gasteiger partial charge in [-0.3, -0.25) is 19.6 Å². The summed E-state index contributed by atoms with van der Waals surface area (Å²) in [6.45, 7) is 11.9. The Balaban J connectivity index is 2.02. The molecule has 0 aromatic heterocycles. The first-order valence-electron chi connectivity index (χ1n) is 17.0. The van der Waals surface area contributed by atoms with E-state index in [0.29, 0.717) is 29.6 Å². The molecule has 52 heavy (non-hydrogen) atoms. The molecule has 1 N–H and O–H groups in total. The van der Waals surface area contributed by atoms with E-state index < -0.39 is 39.1 Å². The topological polar surface area (TPSA) is 121 Å². The van der Waals surface area contributed by atoms with E-state index in [4.69, 9.17) is 49.3 Å². The van der Waals surface area contributed by atoms with Crippen LogP contribution in [0.1, 0.15) is 59.1 Å². The van der Waals surface area contributed by atoms with E-state index in [1.807, 2.05) is 37.0 Å². The van der Waals surface area contributed by atoms with Crippen LogP contribution in [0, 0.1) is 5.92 Å². The molecule has 1 heterocycles. The Bertz CT molecular complexity index is 1840. The Morgan fingerprint density at radius 3 is 2.31 bits per heavy atom. The Kier molecular flexibility index (Phi) is 13.5. The number of carbonyl (C=O) groups excluding carboxylic acids is 2. The molecule has 2 aliphatic rings. The van der Waals surface area contributed by atoms with Crippen LogP contribution in [0.15, 0.2) is 69.5 Å². The summed E-state index contributed by atoms with van der Waals surface area (Å²) in [5.41, 5.74) is -0.719. The van der Waals surface area contributed by atoms with Gasteiger partial charge in [-0.1, -0.05) is 59.1 Å². The number of halogens is 3. The fourth-order valence-electron chi connectivity index (χ4n) is 6.00. The van der Waals surface area contributed by atoms with Crippen LogP contribution in [-0.2, 0) is 26.1 Å². The van der Waals surface area contributed by atoms with Crippen molar-refractivity contribution in [1.29, 1.82) is 0 Å². The van der Waals surface area contributed by atoms with Crippen LogP contribution in [0.5, 0.6) is 5.75 Å². The molecule has 11 nitrogen and oxygen atoms in total. The molecular formula is C37H48Cl3N5O6S. The number of aliphatic imine (C=N–C) groups is 1. The summed E-state index contributed by atoms with van der Waals surface area (Å²) in [7, 11) is -1.06. The minimum absolute atomic E-state index is 0.0168. The van der Waals surface area contributed by atoms with Crippen LogP contribution < -0.4 is 9.46 Å². The van der Waals surface area contributed by atoms with Gasteiger partial charge in [0.1, 0.15) is 22.5 Å². The van der Waals surface area contributed by atoms with Crippen molar-refractivity contribution in [3.8, 4) is 5.75 Å². The van der Waals surface area contributed by atoms with Gasteiger partial charge in [-0.2, -0.15) is 0 Å². The van der Waals surface area contributed by atoms with Crippen LogP contribution in [0.2, 0.25) is 10.0 Å². The third kappa shape index (κ3) is 10.3. The maximum absolute atomic E-state index is 15.0. The fourth-order valence-corrected chi connectivity index (χ4v) is 8.25. The smallest absolute Gasteiger partial charge is 0.326 e. The van der Waals surface area contributed by atoms with E-state index in [1.165, 1.54) is 24.1 Å². The van der Waals surface area contributed by atoms with Gasteiger partial charge in [-0.25, -0.2) is 17.9 Å². The van der Waals surface area contributed by atoms with E-state index in [-0.39, 0.29) is 52.7 Å². The molecule has 1 unspecified atom stereocenters. The molecule has 2 aromatic rings. The Hall–Kier alpha value is -3.13. The van der Waals surface area contributed by atoms with Gasteiger partial charge in [0.25, 0.3) is 0 Å². The first-order chi connectivity index (χ1) is 24.3. The van der Waals surface area contributed by atoms with Crippen molar-refractivity contribution in [3.63, 3.8) is 0 Å². The summed E-state index contributed by atoms with van der Waals surface area (Å²) >= 11 is 19.2. The molecule has 0 saturated carbocycles. The molecule has 1 fully saturated rings. The SMILES string of the molecule is CCOc1cc(Cl)c(S(=O)(=O)NC(C)(C)C)cc1C(=NC(C)(C)C1C=CC(Cl)=CC1)N(Cc1ccc(Cl)cc1)C(=O)N1CCN(C)[C@H](C(=O)OC)C1. The van der Waals surface area contributed by atoms with Crippen LogP contribution in [0.4, 0.5) is 4.79 Å². The average molecular weight is 797 g/mol. The monoisotopic (exact) mass is 795 g/mol. The lowest BCUT2D eigenvalue weighted by atomic mass is 9.83. The number of hydrogen-bond acceptors (Lipinski definition) is 8. The van der Waals surface area contributed by atoms with Crippen molar-refractivity contribution in [2.45, 2.75) is 76.5 Å². The highest BCUT2D eigenvalue weighted by Gasteiger charge is 2.39. The number of amidine groups is 1. The number of urea groups is 1. The highest BCUT2D eigenvalue weighted by Crippen LogP contribution is 2.36. The van der Waals surface area contributed by atoms with E-state index in [9.17, 15) is 18.0 Å². The molecule has 2 aromatic carbocycles. The van der Waals surface area contributed by atoms with Crippen molar-refractivity contribution >= 4 is 62.7 Å². The largest absolute Gasteiger partial charge is 0.493 e. The number of rotatable bonds is 10. The van der Waals surface area contributed by atoms with Crippen molar-refractivity contribution in [2.24, 2.45) is 10.9 Å². The molecule has 0 radical (unpaired) electrons. The Morgan fingerprint density at radius 1 is 1.06 bits per heavy atom. The van der Waals surface area contributed by atoms with Crippen LogP contribution in [0.3, 0.4) is 0 Å². The second-order valence-electron chi connectivity index (χ2n) is 14.4. The number of allylic oxidation sites excluding steroid dienone is 3. The fraction of sp³-hybridized carbons (Fsp3) is 0.486. The zero-order valence-electron chi connectivity index (χ0n) is 30.9. The molecule has 4 rings (SSSR count). The number of nitrogens with zero attached hydrogens (tertiary/aromatic N) is 4. The number of piperazine rings is 1. The first kappa shape index (κ1) is 41.6. The minimum Gasteiger partial charge on any atom is -0.493 e. The lowest BCUT2D eigenvalue weighted by Crippen LogP contribution is -2.59. The van der Waals surface area contributed by atoms with Crippen LogP contribution in [0.25, 0.3) is 0 Å². The number of methoxy groups -OCH3 is 1. The summed E-state index contributed by atoms with van der Waals surface area (Å²) in [4.78, 5) is 37.8. The number of esters is 1. The van der Waals surface area contributed by atoms with E-state index in [1.54, 1.807) is 63.9 Å². The zero-order valence-corrected chi connectivity index (χ0v) is 34.0. The van der Waals surface area contributed by atoms with E-state index in [2.05, 4.69) is 4.72 Å². The van der Waals surface area contributed by atoms with Gasteiger partial charge in [0.05, 0.1) is 36.4 Å². The minimum atomic E-state index is -4.17. The number of ether oxygens (including phenoxy) is 2.